The Morgan fingerprint density at radius 3 is 2.94 bits per heavy atom. The van der Waals surface area contributed by atoms with E-state index in [9.17, 15) is 4.79 Å². The number of aryl methyl sites for hydroxylation is 1. The minimum Gasteiger partial charge on any atom is -0.350 e. The molecule has 0 unspecified atom stereocenters. The van der Waals surface area contributed by atoms with Crippen LogP contribution in [0.1, 0.15) is 36.6 Å². The van der Waals surface area contributed by atoms with Crippen molar-refractivity contribution in [3.05, 3.63) is 21.9 Å². The van der Waals surface area contributed by atoms with Gasteiger partial charge in [-0.05, 0) is 42.7 Å². The standard InChI is InChI=1S/C13H16N2OS/c1-2-10-4-7-17-11(10)8-15-12(16)13(9-14)5-3-6-13/h4,7H,2-3,5-6,8H2,1H3,(H,15,16). The number of rotatable bonds is 4. The highest BCUT2D eigenvalue weighted by molar-refractivity contribution is 7.10. The second-order valence-corrected chi connectivity index (χ2v) is 5.45. The van der Waals surface area contributed by atoms with Gasteiger partial charge in [0.25, 0.3) is 0 Å². The molecular formula is C13H16N2OS. The lowest BCUT2D eigenvalue weighted by Crippen LogP contribution is -2.44. The number of nitrogens with one attached hydrogen (secondary N) is 1. The number of hydrogen-bond acceptors (Lipinski definition) is 3. The maximum atomic E-state index is 11.9. The molecule has 1 heterocycles. The van der Waals surface area contributed by atoms with Gasteiger partial charge in [0.15, 0.2) is 0 Å². The third-order valence-electron chi connectivity index (χ3n) is 3.48. The average Bonchev–Trinajstić information content (AvgIpc) is 2.72. The molecule has 0 spiro atoms. The van der Waals surface area contributed by atoms with Crippen LogP contribution in [-0.4, -0.2) is 5.91 Å². The van der Waals surface area contributed by atoms with E-state index in [-0.39, 0.29) is 5.91 Å². The second kappa shape index (κ2) is 4.89. The van der Waals surface area contributed by atoms with Crippen molar-refractivity contribution in [3.8, 4) is 6.07 Å². The van der Waals surface area contributed by atoms with Crippen LogP contribution >= 0.6 is 11.3 Å². The van der Waals surface area contributed by atoms with Crippen molar-refractivity contribution in [2.45, 2.75) is 39.2 Å². The van der Waals surface area contributed by atoms with E-state index < -0.39 is 5.41 Å². The number of nitrogens with zero attached hydrogens (tertiary/aromatic N) is 1. The molecule has 1 saturated carbocycles. The number of hydrogen-bond donors (Lipinski definition) is 1. The first kappa shape index (κ1) is 12.1. The molecule has 0 aliphatic heterocycles. The van der Waals surface area contributed by atoms with Crippen molar-refractivity contribution in [1.29, 1.82) is 5.26 Å². The molecular weight excluding hydrogens is 232 g/mol. The zero-order chi connectivity index (χ0) is 12.3. The minimum atomic E-state index is -0.733. The van der Waals surface area contributed by atoms with E-state index >= 15 is 0 Å². The van der Waals surface area contributed by atoms with Crippen molar-refractivity contribution in [1.82, 2.24) is 5.32 Å². The summed E-state index contributed by atoms with van der Waals surface area (Å²) < 4.78 is 0. The molecule has 0 bridgehead atoms. The van der Waals surface area contributed by atoms with Crippen molar-refractivity contribution in [3.63, 3.8) is 0 Å². The Labute approximate surface area is 105 Å². The third-order valence-corrected chi connectivity index (χ3v) is 4.45. The fourth-order valence-corrected chi connectivity index (χ4v) is 3.00. The summed E-state index contributed by atoms with van der Waals surface area (Å²) in [7, 11) is 0. The molecule has 4 heteroatoms. The maximum absolute atomic E-state index is 11.9. The number of thiophene rings is 1. The zero-order valence-corrected chi connectivity index (χ0v) is 10.8. The largest absolute Gasteiger partial charge is 0.350 e. The summed E-state index contributed by atoms with van der Waals surface area (Å²) >= 11 is 1.66. The van der Waals surface area contributed by atoms with E-state index in [1.54, 1.807) is 11.3 Å². The summed E-state index contributed by atoms with van der Waals surface area (Å²) in [6.07, 6.45) is 3.39. The van der Waals surface area contributed by atoms with Crippen molar-refractivity contribution in [2.24, 2.45) is 5.41 Å². The highest BCUT2D eigenvalue weighted by Gasteiger charge is 2.44. The van der Waals surface area contributed by atoms with Gasteiger partial charge in [-0.3, -0.25) is 4.79 Å². The Hall–Kier alpha value is -1.34. The molecule has 1 N–H and O–H groups in total. The number of carbonyl (C=O) groups excluding carboxylic acids is 1. The van der Waals surface area contributed by atoms with Gasteiger partial charge in [-0.25, -0.2) is 0 Å². The number of nitriles is 1. The summed E-state index contributed by atoms with van der Waals surface area (Å²) in [5, 5.41) is 14.0. The fourth-order valence-electron chi connectivity index (χ4n) is 2.09. The second-order valence-electron chi connectivity index (χ2n) is 4.45. The molecule has 1 amide bonds. The van der Waals surface area contributed by atoms with Crippen LogP contribution in [0.25, 0.3) is 0 Å². The fraction of sp³-hybridized carbons (Fsp3) is 0.538. The van der Waals surface area contributed by atoms with Crippen LogP contribution in [0.15, 0.2) is 11.4 Å². The van der Waals surface area contributed by atoms with E-state index in [1.165, 1.54) is 10.4 Å². The molecule has 2 rings (SSSR count). The van der Waals surface area contributed by atoms with E-state index in [0.717, 1.165) is 12.8 Å². The Morgan fingerprint density at radius 2 is 2.41 bits per heavy atom. The molecule has 1 aliphatic carbocycles. The van der Waals surface area contributed by atoms with E-state index in [0.29, 0.717) is 19.4 Å². The highest BCUT2D eigenvalue weighted by Crippen LogP contribution is 2.40. The Balaban J connectivity index is 1.95. The quantitative estimate of drug-likeness (QED) is 0.890. The minimum absolute atomic E-state index is 0.0956. The monoisotopic (exact) mass is 248 g/mol. The van der Waals surface area contributed by atoms with Crippen LogP contribution in [0.3, 0.4) is 0 Å². The van der Waals surface area contributed by atoms with Crippen LogP contribution < -0.4 is 5.32 Å². The molecule has 1 aromatic rings. The van der Waals surface area contributed by atoms with Crippen LogP contribution in [0.4, 0.5) is 0 Å². The summed E-state index contributed by atoms with van der Waals surface area (Å²) in [6.45, 7) is 2.67. The molecule has 0 atom stereocenters. The first-order chi connectivity index (χ1) is 8.22. The zero-order valence-electron chi connectivity index (χ0n) is 9.95. The molecule has 1 fully saturated rings. The van der Waals surface area contributed by atoms with Crippen LogP contribution in [0.2, 0.25) is 0 Å². The lowest BCUT2D eigenvalue weighted by Gasteiger charge is -2.33. The topological polar surface area (TPSA) is 52.9 Å². The van der Waals surface area contributed by atoms with Crippen molar-refractivity contribution >= 4 is 17.2 Å². The van der Waals surface area contributed by atoms with Gasteiger partial charge in [-0.2, -0.15) is 5.26 Å². The van der Waals surface area contributed by atoms with Gasteiger partial charge in [0.1, 0.15) is 5.41 Å². The van der Waals surface area contributed by atoms with Gasteiger partial charge >= 0.3 is 0 Å². The van der Waals surface area contributed by atoms with Gasteiger partial charge < -0.3 is 5.32 Å². The lowest BCUT2D eigenvalue weighted by molar-refractivity contribution is -0.131. The summed E-state index contributed by atoms with van der Waals surface area (Å²) in [6, 6.07) is 4.26. The van der Waals surface area contributed by atoms with E-state index in [1.807, 2.05) is 5.38 Å². The highest BCUT2D eigenvalue weighted by atomic mass is 32.1. The Bertz CT molecular complexity index is 454. The lowest BCUT2D eigenvalue weighted by atomic mass is 9.69. The Morgan fingerprint density at radius 1 is 1.65 bits per heavy atom. The Kier molecular flexibility index (Phi) is 3.49. The first-order valence-corrected chi connectivity index (χ1v) is 6.84. The molecule has 0 aromatic carbocycles. The van der Waals surface area contributed by atoms with Crippen LogP contribution in [-0.2, 0) is 17.8 Å². The molecule has 0 radical (unpaired) electrons. The molecule has 17 heavy (non-hydrogen) atoms. The van der Waals surface area contributed by atoms with Crippen LogP contribution in [0.5, 0.6) is 0 Å². The average molecular weight is 248 g/mol. The van der Waals surface area contributed by atoms with E-state index in [4.69, 9.17) is 5.26 Å². The number of carbonyl (C=O) groups is 1. The van der Waals surface area contributed by atoms with E-state index in [2.05, 4.69) is 24.4 Å². The van der Waals surface area contributed by atoms with Gasteiger partial charge in [-0.15, -0.1) is 11.3 Å². The SMILES string of the molecule is CCc1ccsc1CNC(=O)C1(C#N)CCC1. The normalized spacial score (nSPS) is 16.9. The van der Waals surface area contributed by atoms with Crippen molar-refractivity contribution < 1.29 is 4.79 Å². The first-order valence-electron chi connectivity index (χ1n) is 5.96. The van der Waals surface area contributed by atoms with Crippen LogP contribution in [0, 0.1) is 16.7 Å². The summed E-state index contributed by atoms with van der Waals surface area (Å²) in [5.74, 6) is -0.0956. The van der Waals surface area contributed by atoms with Gasteiger partial charge in [0.05, 0.1) is 12.6 Å². The predicted octanol–water partition coefficient (Wildman–Crippen LogP) is 2.62. The van der Waals surface area contributed by atoms with Gasteiger partial charge in [0, 0.05) is 4.88 Å². The van der Waals surface area contributed by atoms with Gasteiger partial charge in [-0.1, -0.05) is 6.92 Å². The van der Waals surface area contributed by atoms with Crippen molar-refractivity contribution in [2.75, 3.05) is 0 Å². The predicted molar refractivity (Wildman–Crippen MR) is 67.4 cm³/mol. The smallest absolute Gasteiger partial charge is 0.240 e. The molecule has 1 aromatic heterocycles. The maximum Gasteiger partial charge on any atom is 0.240 e. The van der Waals surface area contributed by atoms with Gasteiger partial charge in [0.2, 0.25) is 5.91 Å². The summed E-state index contributed by atoms with van der Waals surface area (Å²) in [5.41, 5.74) is 0.554. The summed E-state index contributed by atoms with van der Waals surface area (Å²) in [4.78, 5) is 13.1. The third kappa shape index (κ3) is 2.20. The molecule has 90 valence electrons. The number of amides is 1. The molecule has 3 nitrogen and oxygen atoms in total. The molecule has 0 saturated heterocycles. The molecule has 1 aliphatic rings.